The van der Waals surface area contributed by atoms with E-state index in [0.29, 0.717) is 0 Å². The van der Waals surface area contributed by atoms with Gasteiger partial charge in [0.1, 0.15) is 0 Å². The van der Waals surface area contributed by atoms with Crippen LogP contribution in [0.2, 0.25) is 0 Å². The van der Waals surface area contributed by atoms with Crippen molar-refractivity contribution in [3.8, 4) is 11.1 Å². The van der Waals surface area contributed by atoms with Gasteiger partial charge in [-0.2, -0.15) is 0 Å². The first-order valence-corrected chi connectivity index (χ1v) is 9.64. The van der Waals surface area contributed by atoms with Crippen molar-refractivity contribution < 1.29 is 0 Å². The van der Waals surface area contributed by atoms with Crippen LogP contribution in [0.1, 0.15) is 25.0 Å². The third kappa shape index (κ3) is 1.83. The van der Waals surface area contributed by atoms with Gasteiger partial charge in [-0.25, -0.2) is 0 Å². The molecule has 0 saturated heterocycles. The fourth-order valence-corrected chi connectivity index (χ4v) is 5.09. The minimum Gasteiger partial charge on any atom is -0.0616 e. The highest BCUT2D eigenvalue weighted by Gasteiger charge is 2.34. The molecule has 0 saturated carbocycles. The number of hydrogen-bond acceptors (Lipinski definition) is 0. The van der Waals surface area contributed by atoms with E-state index < -0.39 is 0 Å². The van der Waals surface area contributed by atoms with Gasteiger partial charge in [-0.3, -0.25) is 0 Å². The van der Waals surface area contributed by atoms with E-state index in [1.165, 1.54) is 54.6 Å². The Balaban J connectivity index is 1.92. The first-order chi connectivity index (χ1) is 13.2. The summed E-state index contributed by atoms with van der Waals surface area (Å²) < 4.78 is 0. The zero-order chi connectivity index (χ0) is 18.2. The number of hydrogen-bond donors (Lipinski definition) is 0. The third-order valence-electron chi connectivity index (χ3n) is 6.43. The van der Waals surface area contributed by atoms with E-state index in [-0.39, 0.29) is 5.41 Å². The maximum atomic E-state index is 2.42. The maximum absolute atomic E-state index is 2.42. The first-order valence-electron chi connectivity index (χ1n) is 9.64. The Morgan fingerprint density at radius 2 is 1.26 bits per heavy atom. The van der Waals surface area contributed by atoms with Crippen molar-refractivity contribution in [2.24, 2.45) is 0 Å². The van der Waals surface area contributed by atoms with Crippen molar-refractivity contribution in [3.05, 3.63) is 96.1 Å². The minimum atomic E-state index is -0.0317. The fraction of sp³-hybridized carbons (Fsp3) is 0.111. The second-order valence-corrected chi connectivity index (χ2v) is 8.21. The molecule has 1 aliphatic rings. The zero-order valence-corrected chi connectivity index (χ0v) is 15.6. The van der Waals surface area contributed by atoms with Crippen molar-refractivity contribution in [3.63, 3.8) is 0 Å². The number of rotatable bonds is 0. The van der Waals surface area contributed by atoms with Gasteiger partial charge in [0.05, 0.1) is 0 Å². The van der Waals surface area contributed by atoms with Gasteiger partial charge in [0.2, 0.25) is 0 Å². The normalized spacial score (nSPS) is 14.6. The molecule has 0 radical (unpaired) electrons. The van der Waals surface area contributed by atoms with Crippen LogP contribution in [-0.4, -0.2) is 0 Å². The van der Waals surface area contributed by atoms with E-state index in [2.05, 4.69) is 98.8 Å². The van der Waals surface area contributed by atoms with Crippen molar-refractivity contribution in [2.45, 2.75) is 19.3 Å². The van der Waals surface area contributed by atoms with E-state index in [0.717, 1.165) is 0 Å². The first kappa shape index (κ1) is 15.0. The van der Waals surface area contributed by atoms with Gasteiger partial charge in [0.15, 0.2) is 0 Å². The van der Waals surface area contributed by atoms with Crippen LogP contribution in [0, 0.1) is 0 Å². The van der Waals surface area contributed by atoms with Gasteiger partial charge in [0.25, 0.3) is 0 Å². The molecule has 27 heavy (non-hydrogen) atoms. The molecule has 0 unspecified atom stereocenters. The van der Waals surface area contributed by atoms with E-state index in [1.807, 2.05) is 0 Å². The molecular formula is C27H20. The molecule has 6 rings (SSSR count). The Hall–Kier alpha value is -3.12. The maximum Gasteiger partial charge on any atom is 0.0159 e. The lowest BCUT2D eigenvalue weighted by atomic mass is 9.67. The molecule has 0 aromatic heterocycles. The van der Waals surface area contributed by atoms with Crippen LogP contribution < -0.4 is 0 Å². The highest BCUT2D eigenvalue weighted by Crippen LogP contribution is 2.51. The lowest BCUT2D eigenvalue weighted by molar-refractivity contribution is 0.647. The summed E-state index contributed by atoms with van der Waals surface area (Å²) in [5, 5.41) is 8.13. The van der Waals surface area contributed by atoms with Gasteiger partial charge in [-0.1, -0.05) is 92.7 Å². The largest absolute Gasteiger partial charge is 0.0616 e. The molecule has 0 amide bonds. The summed E-state index contributed by atoms with van der Waals surface area (Å²) in [6, 6.07) is 31.4. The van der Waals surface area contributed by atoms with E-state index in [4.69, 9.17) is 0 Å². The molecule has 0 atom stereocenters. The predicted octanol–water partition coefficient (Wildman–Crippen LogP) is 7.45. The highest BCUT2D eigenvalue weighted by molar-refractivity contribution is 6.18. The smallest absolute Gasteiger partial charge is 0.0159 e. The zero-order valence-electron chi connectivity index (χ0n) is 15.6. The Morgan fingerprint density at radius 3 is 2.11 bits per heavy atom. The average molecular weight is 344 g/mol. The van der Waals surface area contributed by atoms with Crippen LogP contribution in [0.3, 0.4) is 0 Å². The summed E-state index contributed by atoms with van der Waals surface area (Å²) >= 11 is 0. The van der Waals surface area contributed by atoms with E-state index in [1.54, 1.807) is 0 Å². The molecule has 128 valence electrons. The SMILES string of the molecule is CC1(C)c2ccc3ccccc3c2-c2cccc3c2c1cc1ccccc13. The number of fused-ring (bicyclic) bond motifs is 6. The molecule has 0 aliphatic heterocycles. The monoisotopic (exact) mass is 344 g/mol. The Bertz CT molecular complexity index is 1390. The van der Waals surface area contributed by atoms with Crippen molar-refractivity contribution >= 4 is 32.3 Å². The van der Waals surface area contributed by atoms with Crippen LogP contribution in [-0.2, 0) is 5.41 Å². The summed E-state index contributed by atoms with van der Waals surface area (Å²) in [4.78, 5) is 0. The molecular weight excluding hydrogens is 324 g/mol. The highest BCUT2D eigenvalue weighted by atomic mass is 14.4. The van der Waals surface area contributed by atoms with Crippen LogP contribution >= 0.6 is 0 Å². The summed E-state index contributed by atoms with van der Waals surface area (Å²) in [6.07, 6.45) is 0. The van der Waals surface area contributed by atoms with Crippen LogP contribution in [0.15, 0.2) is 84.9 Å². The molecule has 1 aliphatic carbocycles. The second kappa shape index (κ2) is 4.98. The molecule has 5 aromatic rings. The van der Waals surface area contributed by atoms with Gasteiger partial charge in [-0.15, -0.1) is 0 Å². The molecule has 0 nitrogen and oxygen atoms in total. The number of benzene rings is 5. The molecule has 0 N–H and O–H groups in total. The minimum absolute atomic E-state index is 0.0317. The Morgan fingerprint density at radius 1 is 0.556 bits per heavy atom. The molecule has 0 heteroatoms. The molecule has 5 aromatic carbocycles. The van der Waals surface area contributed by atoms with Gasteiger partial charge < -0.3 is 0 Å². The van der Waals surface area contributed by atoms with Crippen molar-refractivity contribution in [1.82, 2.24) is 0 Å². The fourth-order valence-electron chi connectivity index (χ4n) is 5.09. The predicted molar refractivity (Wildman–Crippen MR) is 117 cm³/mol. The third-order valence-corrected chi connectivity index (χ3v) is 6.43. The lowest BCUT2D eigenvalue weighted by Gasteiger charge is -2.36. The van der Waals surface area contributed by atoms with Crippen LogP contribution in [0.4, 0.5) is 0 Å². The van der Waals surface area contributed by atoms with Gasteiger partial charge >= 0.3 is 0 Å². The molecule has 0 spiro atoms. The summed E-state index contributed by atoms with van der Waals surface area (Å²) in [5.74, 6) is 0. The van der Waals surface area contributed by atoms with Gasteiger partial charge in [0, 0.05) is 5.41 Å². The van der Waals surface area contributed by atoms with Crippen LogP contribution in [0.25, 0.3) is 43.4 Å². The lowest BCUT2D eigenvalue weighted by Crippen LogP contribution is -2.23. The summed E-state index contributed by atoms with van der Waals surface area (Å²) in [5.41, 5.74) is 5.62. The Kier molecular flexibility index (Phi) is 2.77. The van der Waals surface area contributed by atoms with Crippen molar-refractivity contribution in [2.75, 3.05) is 0 Å². The van der Waals surface area contributed by atoms with Gasteiger partial charge in [-0.05, 0) is 60.6 Å². The quantitative estimate of drug-likeness (QED) is 0.256. The Labute approximate surface area is 159 Å². The topological polar surface area (TPSA) is 0 Å². The van der Waals surface area contributed by atoms with E-state index >= 15 is 0 Å². The average Bonchev–Trinajstić information content (AvgIpc) is 2.71. The summed E-state index contributed by atoms with van der Waals surface area (Å²) in [6.45, 7) is 4.75. The molecule has 0 heterocycles. The van der Waals surface area contributed by atoms with E-state index in [9.17, 15) is 0 Å². The van der Waals surface area contributed by atoms with Crippen molar-refractivity contribution in [1.29, 1.82) is 0 Å². The second-order valence-electron chi connectivity index (χ2n) is 8.21. The molecule has 0 fully saturated rings. The van der Waals surface area contributed by atoms with Crippen LogP contribution in [0.5, 0.6) is 0 Å². The molecule has 0 bridgehead atoms. The standard InChI is InChI=1S/C27H20/c1-27(2)23-15-14-17-8-3-6-11-20(17)25(23)22-13-7-12-21-19-10-5-4-9-18(19)16-24(27)26(21)22/h3-16H,1-2H3. The summed E-state index contributed by atoms with van der Waals surface area (Å²) in [7, 11) is 0.